The maximum absolute atomic E-state index is 12.3. The largest absolute Gasteiger partial charge is 0.449 e. The number of amides is 1. The molecule has 0 spiro atoms. The lowest BCUT2D eigenvalue weighted by Crippen LogP contribution is -2.26. The van der Waals surface area contributed by atoms with Crippen LogP contribution in [0.3, 0.4) is 0 Å². The van der Waals surface area contributed by atoms with Crippen LogP contribution in [0.4, 0.5) is 4.79 Å². The van der Waals surface area contributed by atoms with Gasteiger partial charge in [0, 0.05) is 19.0 Å². The maximum Gasteiger partial charge on any atom is 0.407 e. The zero-order valence-electron chi connectivity index (χ0n) is 18.1. The molecule has 4 heteroatoms. The van der Waals surface area contributed by atoms with Crippen molar-refractivity contribution in [2.75, 3.05) is 19.7 Å². The Kier molecular flexibility index (Phi) is 6.04. The van der Waals surface area contributed by atoms with Gasteiger partial charge in [-0.25, -0.2) is 4.79 Å². The van der Waals surface area contributed by atoms with E-state index in [2.05, 4.69) is 77.4 Å². The smallest absolute Gasteiger partial charge is 0.407 e. The molecule has 1 aliphatic carbocycles. The number of benzene rings is 3. The fourth-order valence-corrected chi connectivity index (χ4v) is 4.83. The van der Waals surface area contributed by atoms with Crippen molar-refractivity contribution in [2.45, 2.75) is 25.3 Å². The molecule has 0 unspecified atom stereocenters. The van der Waals surface area contributed by atoms with Crippen LogP contribution in [-0.2, 0) is 17.7 Å². The van der Waals surface area contributed by atoms with Crippen molar-refractivity contribution in [3.63, 3.8) is 0 Å². The first-order valence-corrected chi connectivity index (χ1v) is 11.4. The summed E-state index contributed by atoms with van der Waals surface area (Å²) in [5.41, 5.74) is 9.03. The third-order valence-electron chi connectivity index (χ3n) is 6.40. The van der Waals surface area contributed by atoms with Gasteiger partial charge in [0.2, 0.25) is 0 Å². The molecule has 1 heterocycles. The van der Waals surface area contributed by atoms with E-state index >= 15 is 0 Å². The summed E-state index contributed by atoms with van der Waals surface area (Å²) in [7, 11) is 0. The number of carbonyl (C=O) groups is 1. The molecule has 0 radical (unpaired) electrons. The zero-order valence-corrected chi connectivity index (χ0v) is 18.1. The summed E-state index contributed by atoms with van der Waals surface area (Å²) >= 11 is 0. The Balaban J connectivity index is 1.12. The van der Waals surface area contributed by atoms with Gasteiger partial charge >= 0.3 is 6.09 Å². The summed E-state index contributed by atoms with van der Waals surface area (Å²) in [5.74, 6) is 0.0896. The van der Waals surface area contributed by atoms with E-state index in [4.69, 9.17) is 4.74 Å². The predicted octanol–water partition coefficient (Wildman–Crippen LogP) is 5.27. The highest BCUT2D eigenvalue weighted by atomic mass is 16.5. The highest BCUT2D eigenvalue weighted by Crippen LogP contribution is 2.44. The third kappa shape index (κ3) is 4.19. The number of ether oxygens (including phenoxy) is 1. The molecular weight excluding hydrogens is 396 g/mol. The Bertz CT molecular complexity index is 1110. The average Bonchev–Trinajstić information content (AvgIpc) is 3.16. The molecule has 0 saturated heterocycles. The molecule has 32 heavy (non-hydrogen) atoms. The van der Waals surface area contributed by atoms with Gasteiger partial charge in [-0.3, -0.25) is 0 Å². The van der Waals surface area contributed by atoms with Crippen molar-refractivity contribution in [3.8, 4) is 11.1 Å². The second kappa shape index (κ2) is 9.41. The molecule has 5 rings (SSSR count). The van der Waals surface area contributed by atoms with Crippen LogP contribution < -0.4 is 10.6 Å². The summed E-state index contributed by atoms with van der Waals surface area (Å²) in [5, 5.41) is 6.30. The highest BCUT2D eigenvalue weighted by Gasteiger charge is 2.28. The van der Waals surface area contributed by atoms with E-state index in [1.807, 2.05) is 12.1 Å². The van der Waals surface area contributed by atoms with Crippen molar-refractivity contribution in [1.82, 2.24) is 10.6 Å². The summed E-state index contributed by atoms with van der Waals surface area (Å²) in [4.78, 5) is 12.3. The van der Waals surface area contributed by atoms with Crippen LogP contribution in [0.1, 0.15) is 40.2 Å². The molecule has 0 bridgehead atoms. The Morgan fingerprint density at radius 2 is 1.75 bits per heavy atom. The van der Waals surface area contributed by atoms with Crippen LogP contribution in [0.15, 0.2) is 72.8 Å². The van der Waals surface area contributed by atoms with E-state index in [0.717, 1.165) is 25.9 Å². The first kappa shape index (κ1) is 20.5. The van der Waals surface area contributed by atoms with Gasteiger partial charge in [-0.05, 0) is 58.3 Å². The zero-order chi connectivity index (χ0) is 21.8. The minimum absolute atomic E-state index is 0.0896. The van der Waals surface area contributed by atoms with Crippen molar-refractivity contribution < 1.29 is 9.53 Å². The number of hydrogen-bond donors (Lipinski definition) is 2. The molecule has 1 aliphatic heterocycles. The number of carbonyl (C=O) groups excluding carboxylic acids is 1. The second-order valence-corrected chi connectivity index (χ2v) is 8.36. The highest BCUT2D eigenvalue weighted by molar-refractivity contribution is 5.79. The van der Waals surface area contributed by atoms with Crippen LogP contribution in [0.2, 0.25) is 0 Å². The third-order valence-corrected chi connectivity index (χ3v) is 6.40. The van der Waals surface area contributed by atoms with E-state index < -0.39 is 0 Å². The van der Waals surface area contributed by atoms with Gasteiger partial charge < -0.3 is 15.4 Å². The number of rotatable bonds is 6. The van der Waals surface area contributed by atoms with Gasteiger partial charge in [0.1, 0.15) is 6.61 Å². The number of hydrogen-bond acceptors (Lipinski definition) is 3. The van der Waals surface area contributed by atoms with E-state index in [1.165, 1.54) is 38.9 Å². The summed E-state index contributed by atoms with van der Waals surface area (Å²) in [6.45, 7) is 2.88. The standard InChI is InChI=1S/C28H28N2O2/c31-28(30-16-6-5-8-20-9-7-10-21-18-29-17-15-22(20)21)32-19-27-25-13-3-1-11-23(25)24-12-2-4-14-26(24)27/h1-5,7-14,27,29H,6,15-19H2,(H,30,31). The fourth-order valence-electron chi connectivity index (χ4n) is 4.83. The van der Waals surface area contributed by atoms with Crippen LogP contribution in [0.25, 0.3) is 17.2 Å². The molecule has 2 aliphatic rings. The lowest BCUT2D eigenvalue weighted by Gasteiger charge is -2.18. The first-order chi connectivity index (χ1) is 15.8. The van der Waals surface area contributed by atoms with Crippen molar-refractivity contribution in [1.29, 1.82) is 0 Å². The maximum atomic E-state index is 12.3. The lowest BCUT2D eigenvalue weighted by molar-refractivity contribution is 0.143. The fraction of sp³-hybridized carbons (Fsp3) is 0.250. The van der Waals surface area contributed by atoms with E-state index in [0.29, 0.717) is 13.2 Å². The van der Waals surface area contributed by atoms with Crippen molar-refractivity contribution in [3.05, 3.63) is 101 Å². The lowest BCUT2D eigenvalue weighted by atomic mass is 9.95. The Morgan fingerprint density at radius 3 is 2.53 bits per heavy atom. The minimum atomic E-state index is -0.358. The molecule has 3 aromatic rings. The van der Waals surface area contributed by atoms with Gasteiger partial charge in [-0.2, -0.15) is 0 Å². The van der Waals surface area contributed by atoms with E-state index in [9.17, 15) is 4.79 Å². The first-order valence-electron chi connectivity index (χ1n) is 11.4. The van der Waals surface area contributed by atoms with Crippen molar-refractivity contribution in [2.24, 2.45) is 0 Å². The Morgan fingerprint density at radius 1 is 1.00 bits per heavy atom. The Hall–Kier alpha value is -3.37. The second-order valence-electron chi connectivity index (χ2n) is 8.36. The van der Waals surface area contributed by atoms with Crippen LogP contribution in [0, 0.1) is 0 Å². The minimum Gasteiger partial charge on any atom is -0.449 e. The molecule has 4 nitrogen and oxygen atoms in total. The van der Waals surface area contributed by atoms with Crippen LogP contribution >= 0.6 is 0 Å². The van der Waals surface area contributed by atoms with Gasteiger partial charge in [-0.15, -0.1) is 0 Å². The summed E-state index contributed by atoms with van der Waals surface area (Å²) in [6, 6.07) is 23.2. The van der Waals surface area contributed by atoms with Gasteiger partial charge in [0.15, 0.2) is 0 Å². The molecule has 0 saturated carbocycles. The van der Waals surface area contributed by atoms with Crippen LogP contribution in [0.5, 0.6) is 0 Å². The van der Waals surface area contributed by atoms with Crippen LogP contribution in [-0.4, -0.2) is 25.8 Å². The Labute approximate surface area is 189 Å². The molecule has 162 valence electrons. The summed E-state index contributed by atoms with van der Waals surface area (Å²) < 4.78 is 5.60. The molecule has 1 amide bonds. The number of fused-ring (bicyclic) bond motifs is 4. The SMILES string of the molecule is O=C(NCCC=Cc1cccc2c1CCNC2)OCC1c2ccccc2-c2ccccc21. The van der Waals surface area contributed by atoms with Gasteiger partial charge in [0.05, 0.1) is 0 Å². The quantitative estimate of drug-likeness (QED) is 0.530. The van der Waals surface area contributed by atoms with Gasteiger partial charge in [-0.1, -0.05) is 78.9 Å². The monoisotopic (exact) mass is 424 g/mol. The van der Waals surface area contributed by atoms with Gasteiger partial charge in [0.25, 0.3) is 0 Å². The molecule has 2 N–H and O–H groups in total. The molecule has 0 atom stereocenters. The number of nitrogens with one attached hydrogen (secondary N) is 2. The summed E-state index contributed by atoms with van der Waals surface area (Å²) in [6.07, 6.45) is 5.77. The van der Waals surface area contributed by atoms with E-state index in [1.54, 1.807) is 0 Å². The number of alkyl carbamates (subject to hydrolysis) is 1. The molecular formula is C28H28N2O2. The predicted molar refractivity (Wildman–Crippen MR) is 129 cm³/mol. The molecule has 0 fully saturated rings. The normalized spacial score (nSPS) is 14.6. The van der Waals surface area contributed by atoms with E-state index in [-0.39, 0.29) is 12.0 Å². The topological polar surface area (TPSA) is 50.4 Å². The molecule has 3 aromatic carbocycles. The van der Waals surface area contributed by atoms with Crippen molar-refractivity contribution >= 4 is 12.2 Å². The average molecular weight is 425 g/mol. The molecule has 0 aromatic heterocycles.